The van der Waals surface area contributed by atoms with Crippen molar-refractivity contribution in [1.29, 1.82) is 0 Å². The number of aliphatic carboxylic acids is 1. The van der Waals surface area contributed by atoms with E-state index in [-0.39, 0.29) is 11.3 Å². The Kier molecular flexibility index (Phi) is 2.80. The van der Waals surface area contributed by atoms with E-state index in [1.54, 1.807) is 0 Å². The molecule has 6 nitrogen and oxygen atoms in total. The third-order valence-corrected chi connectivity index (χ3v) is 1.87. The Bertz CT molecular complexity index is 452. The van der Waals surface area contributed by atoms with E-state index in [9.17, 15) is 19.7 Å². The van der Waals surface area contributed by atoms with Crippen LogP contribution >= 0.6 is 0 Å². The van der Waals surface area contributed by atoms with Crippen molar-refractivity contribution in [3.63, 3.8) is 0 Å². The molecule has 0 bridgehead atoms. The number of nitro benzene ring substituents is 1. The first kappa shape index (κ1) is 10.8. The molecule has 0 spiro atoms. The van der Waals surface area contributed by atoms with E-state index in [4.69, 9.17) is 5.11 Å². The average Bonchev–Trinajstić information content (AvgIpc) is 2.16. The standard InChI is InChI=1S/C9H7NO5/c1-5-2-3-6(10(14)15)4-7(5)8(11)9(12)13/h2-4H,1H3,(H,12,13). The van der Waals surface area contributed by atoms with Gasteiger partial charge in [-0.05, 0) is 12.5 Å². The molecular weight excluding hydrogens is 202 g/mol. The SMILES string of the molecule is Cc1ccc([N+](=O)[O-])cc1C(=O)C(=O)O. The molecule has 1 N–H and O–H groups in total. The van der Waals surface area contributed by atoms with Gasteiger partial charge in [0.25, 0.3) is 11.5 Å². The van der Waals surface area contributed by atoms with E-state index in [1.807, 2.05) is 0 Å². The van der Waals surface area contributed by atoms with Crippen molar-refractivity contribution in [1.82, 2.24) is 0 Å². The van der Waals surface area contributed by atoms with E-state index < -0.39 is 16.7 Å². The summed E-state index contributed by atoms with van der Waals surface area (Å²) in [6, 6.07) is 3.52. The summed E-state index contributed by atoms with van der Waals surface area (Å²) in [6.45, 7) is 1.51. The number of benzene rings is 1. The van der Waals surface area contributed by atoms with Crippen LogP contribution in [0.2, 0.25) is 0 Å². The summed E-state index contributed by atoms with van der Waals surface area (Å²) in [5.41, 5.74) is -0.0603. The number of carboxylic acid groups (broad SMARTS) is 1. The van der Waals surface area contributed by atoms with Gasteiger partial charge in [0.2, 0.25) is 0 Å². The number of hydrogen-bond acceptors (Lipinski definition) is 4. The summed E-state index contributed by atoms with van der Waals surface area (Å²) >= 11 is 0. The van der Waals surface area contributed by atoms with Crippen molar-refractivity contribution in [2.75, 3.05) is 0 Å². The maximum absolute atomic E-state index is 11.1. The monoisotopic (exact) mass is 209 g/mol. The number of nitro groups is 1. The minimum absolute atomic E-state index is 0.156. The molecule has 0 fully saturated rings. The van der Waals surface area contributed by atoms with Crippen LogP contribution in [0.4, 0.5) is 5.69 Å². The zero-order valence-electron chi connectivity index (χ0n) is 7.76. The van der Waals surface area contributed by atoms with Gasteiger partial charge in [0.05, 0.1) is 4.92 Å². The molecule has 0 amide bonds. The van der Waals surface area contributed by atoms with Gasteiger partial charge in [0.1, 0.15) is 0 Å². The van der Waals surface area contributed by atoms with Crippen molar-refractivity contribution < 1.29 is 19.6 Å². The highest BCUT2D eigenvalue weighted by Crippen LogP contribution is 2.17. The molecule has 6 heteroatoms. The molecule has 0 saturated carbocycles. The molecule has 0 aromatic heterocycles. The second kappa shape index (κ2) is 3.87. The van der Waals surface area contributed by atoms with Crippen molar-refractivity contribution in [3.8, 4) is 0 Å². The number of carboxylic acids is 1. The average molecular weight is 209 g/mol. The molecule has 0 saturated heterocycles. The molecule has 0 aliphatic heterocycles. The second-order valence-electron chi connectivity index (χ2n) is 2.89. The lowest BCUT2D eigenvalue weighted by atomic mass is 10.0. The van der Waals surface area contributed by atoms with Gasteiger partial charge in [0, 0.05) is 17.7 Å². The van der Waals surface area contributed by atoms with E-state index in [1.165, 1.54) is 19.1 Å². The molecular formula is C9H7NO5. The highest BCUT2D eigenvalue weighted by molar-refractivity contribution is 6.40. The number of ketones is 1. The zero-order chi connectivity index (χ0) is 11.6. The van der Waals surface area contributed by atoms with Gasteiger partial charge < -0.3 is 5.11 Å². The van der Waals surface area contributed by atoms with E-state index in [0.29, 0.717) is 5.56 Å². The highest BCUT2D eigenvalue weighted by Gasteiger charge is 2.19. The molecule has 0 heterocycles. The van der Waals surface area contributed by atoms with Gasteiger partial charge in [-0.2, -0.15) is 0 Å². The summed E-state index contributed by atoms with van der Waals surface area (Å²) in [5.74, 6) is -2.77. The van der Waals surface area contributed by atoms with Crippen molar-refractivity contribution in [3.05, 3.63) is 39.4 Å². The zero-order valence-corrected chi connectivity index (χ0v) is 7.76. The van der Waals surface area contributed by atoms with E-state index in [2.05, 4.69) is 0 Å². The Morgan fingerprint density at radius 3 is 2.47 bits per heavy atom. The van der Waals surface area contributed by atoms with Crippen LogP contribution < -0.4 is 0 Å². The maximum Gasteiger partial charge on any atom is 0.377 e. The number of rotatable bonds is 3. The van der Waals surface area contributed by atoms with Crippen LogP contribution in [0.1, 0.15) is 15.9 Å². The normalized spacial score (nSPS) is 9.67. The molecule has 1 aromatic rings. The van der Waals surface area contributed by atoms with Crippen molar-refractivity contribution in [2.45, 2.75) is 6.92 Å². The fourth-order valence-electron chi connectivity index (χ4n) is 1.08. The first-order valence-electron chi connectivity index (χ1n) is 3.96. The van der Waals surface area contributed by atoms with Gasteiger partial charge in [0.15, 0.2) is 0 Å². The van der Waals surface area contributed by atoms with Crippen molar-refractivity contribution in [2.24, 2.45) is 0 Å². The summed E-state index contributed by atoms with van der Waals surface area (Å²) in [4.78, 5) is 31.3. The van der Waals surface area contributed by atoms with Crippen LogP contribution in [0, 0.1) is 17.0 Å². The van der Waals surface area contributed by atoms with Crippen LogP contribution in [0.15, 0.2) is 18.2 Å². The largest absolute Gasteiger partial charge is 0.475 e. The predicted molar refractivity (Wildman–Crippen MR) is 49.8 cm³/mol. The number of Topliss-reactive ketones (excluding diaryl/α,β-unsaturated/α-hetero) is 1. The number of nitrogens with zero attached hydrogens (tertiary/aromatic N) is 1. The van der Waals surface area contributed by atoms with Crippen LogP contribution in [0.5, 0.6) is 0 Å². The predicted octanol–water partition coefficient (Wildman–Crippen LogP) is 1.17. The lowest BCUT2D eigenvalue weighted by Crippen LogP contribution is -2.14. The molecule has 0 unspecified atom stereocenters. The van der Waals surface area contributed by atoms with Gasteiger partial charge in [-0.1, -0.05) is 6.07 Å². The van der Waals surface area contributed by atoms with Gasteiger partial charge in [-0.25, -0.2) is 4.79 Å². The van der Waals surface area contributed by atoms with Crippen LogP contribution in [0.3, 0.4) is 0 Å². The molecule has 15 heavy (non-hydrogen) atoms. The summed E-state index contributed by atoms with van der Waals surface area (Å²) < 4.78 is 0. The van der Waals surface area contributed by atoms with Gasteiger partial charge in [-0.15, -0.1) is 0 Å². The molecule has 0 aliphatic carbocycles. The van der Waals surface area contributed by atoms with Gasteiger partial charge >= 0.3 is 5.97 Å². The van der Waals surface area contributed by atoms with Crippen LogP contribution in [0.25, 0.3) is 0 Å². The summed E-state index contributed by atoms with van der Waals surface area (Å²) in [6.07, 6.45) is 0. The molecule has 0 aliphatic rings. The molecule has 1 aromatic carbocycles. The van der Waals surface area contributed by atoms with Crippen LogP contribution in [-0.4, -0.2) is 21.8 Å². The Hall–Kier alpha value is -2.24. The number of aryl methyl sites for hydroxylation is 1. The molecule has 78 valence electrons. The summed E-state index contributed by atoms with van der Waals surface area (Å²) in [7, 11) is 0. The third-order valence-electron chi connectivity index (χ3n) is 1.87. The maximum atomic E-state index is 11.1. The Morgan fingerprint density at radius 1 is 1.40 bits per heavy atom. The first-order chi connectivity index (χ1) is 6.93. The van der Waals surface area contributed by atoms with E-state index >= 15 is 0 Å². The minimum atomic E-state index is -1.63. The minimum Gasteiger partial charge on any atom is -0.475 e. The lowest BCUT2D eigenvalue weighted by molar-refractivity contribution is -0.384. The quantitative estimate of drug-likeness (QED) is 0.348. The Labute approximate surface area is 84.3 Å². The van der Waals surface area contributed by atoms with Crippen LogP contribution in [-0.2, 0) is 4.79 Å². The Morgan fingerprint density at radius 2 is 2.00 bits per heavy atom. The number of carbonyl (C=O) groups is 2. The second-order valence-corrected chi connectivity index (χ2v) is 2.89. The Balaban J connectivity index is 3.28. The molecule has 1 rings (SSSR count). The lowest BCUT2D eigenvalue weighted by Gasteiger charge is -2.00. The smallest absolute Gasteiger partial charge is 0.377 e. The van der Waals surface area contributed by atoms with Gasteiger partial charge in [-0.3, -0.25) is 14.9 Å². The van der Waals surface area contributed by atoms with Crippen molar-refractivity contribution >= 4 is 17.4 Å². The number of non-ortho nitro benzene ring substituents is 1. The van der Waals surface area contributed by atoms with E-state index in [0.717, 1.165) is 6.07 Å². The number of hydrogen-bond donors (Lipinski definition) is 1. The first-order valence-corrected chi connectivity index (χ1v) is 3.96. The fraction of sp³-hybridized carbons (Fsp3) is 0.111. The molecule has 0 radical (unpaired) electrons. The topological polar surface area (TPSA) is 97.5 Å². The highest BCUT2D eigenvalue weighted by atomic mass is 16.6. The third kappa shape index (κ3) is 2.16. The molecule has 0 atom stereocenters. The fourth-order valence-corrected chi connectivity index (χ4v) is 1.08. The number of carbonyl (C=O) groups excluding carboxylic acids is 1. The summed E-state index contributed by atoms with van der Waals surface area (Å²) in [5, 5.41) is 18.9.